The Labute approximate surface area is 149 Å². The molecule has 1 unspecified atom stereocenters. The number of fused-ring (bicyclic) bond motifs is 1. The van der Waals surface area contributed by atoms with Gasteiger partial charge in [-0.05, 0) is 42.2 Å². The average molecular weight is 350 g/mol. The summed E-state index contributed by atoms with van der Waals surface area (Å²) >= 11 is 1.70. The summed E-state index contributed by atoms with van der Waals surface area (Å²) < 4.78 is 17.9. The quantitative estimate of drug-likeness (QED) is 0.332. The van der Waals surface area contributed by atoms with Crippen molar-refractivity contribution in [2.24, 2.45) is 4.99 Å². The van der Waals surface area contributed by atoms with Crippen LogP contribution < -0.4 is 4.74 Å². The van der Waals surface area contributed by atoms with E-state index in [0.29, 0.717) is 5.92 Å². The van der Waals surface area contributed by atoms with Crippen LogP contribution >= 0.6 is 11.8 Å². The fourth-order valence-electron chi connectivity index (χ4n) is 2.45. The zero-order valence-corrected chi connectivity index (χ0v) is 15.7. The van der Waals surface area contributed by atoms with Crippen LogP contribution in [0.25, 0.3) is 0 Å². The number of rotatable bonds is 7. The number of halogens is 1. The number of hydrogen-bond donors (Lipinski definition) is 0. The Balaban J connectivity index is 0.00000139. The van der Waals surface area contributed by atoms with Gasteiger partial charge in [-0.2, -0.15) is 0 Å². The zero-order valence-electron chi connectivity index (χ0n) is 14.9. The van der Waals surface area contributed by atoms with Gasteiger partial charge in [0.1, 0.15) is 12.4 Å². The second-order valence-corrected chi connectivity index (χ2v) is 6.31. The van der Waals surface area contributed by atoms with Crippen molar-refractivity contribution >= 4 is 18.5 Å². The second-order valence-electron chi connectivity index (χ2n) is 5.11. The lowest BCUT2D eigenvalue weighted by Gasteiger charge is -2.25. The number of hydrogen-bond acceptors (Lipinski definition) is 3. The summed E-state index contributed by atoms with van der Waals surface area (Å²) in [5, 5.41) is 0. The lowest BCUT2D eigenvalue weighted by Crippen LogP contribution is -2.16. The lowest BCUT2D eigenvalue weighted by molar-refractivity contribution is 0.268. The highest BCUT2D eigenvalue weighted by Crippen LogP contribution is 2.38. The van der Waals surface area contributed by atoms with Crippen molar-refractivity contribution in [2.45, 2.75) is 44.4 Å². The van der Waals surface area contributed by atoms with Gasteiger partial charge in [0.05, 0.1) is 6.61 Å². The van der Waals surface area contributed by atoms with Gasteiger partial charge in [0.15, 0.2) is 0 Å². The topological polar surface area (TPSA) is 21.6 Å². The maximum Gasteiger partial charge on any atom is 0.123 e. The number of thioether (sulfide) groups is 1. The first-order chi connectivity index (χ1) is 11.8. The van der Waals surface area contributed by atoms with Crippen LogP contribution in [0.1, 0.15) is 45.1 Å². The van der Waals surface area contributed by atoms with E-state index in [0.717, 1.165) is 36.6 Å². The Hall–Kier alpha value is -1.55. The summed E-state index contributed by atoms with van der Waals surface area (Å²) in [6.07, 6.45) is 7.16. The third-order valence-electron chi connectivity index (χ3n) is 3.60. The smallest absolute Gasteiger partial charge is 0.123 e. The minimum absolute atomic E-state index is 0.411. The molecular formula is C20H28FNOS. The van der Waals surface area contributed by atoms with Crippen molar-refractivity contribution in [2.75, 3.05) is 19.8 Å². The molecule has 0 N–H and O–H groups in total. The van der Waals surface area contributed by atoms with E-state index in [9.17, 15) is 4.39 Å². The van der Waals surface area contributed by atoms with Crippen molar-refractivity contribution in [3.63, 3.8) is 0 Å². The molecule has 0 radical (unpaired) electrons. The monoisotopic (exact) mass is 349 g/mol. The maximum absolute atomic E-state index is 12.1. The van der Waals surface area contributed by atoms with E-state index < -0.39 is 6.67 Å². The minimum Gasteiger partial charge on any atom is -0.493 e. The molecule has 1 aliphatic heterocycles. The van der Waals surface area contributed by atoms with E-state index in [1.165, 1.54) is 16.5 Å². The molecule has 1 aliphatic rings. The molecule has 2 nitrogen and oxygen atoms in total. The average Bonchev–Trinajstić information content (AvgIpc) is 2.63. The van der Waals surface area contributed by atoms with Crippen LogP contribution in [0.5, 0.6) is 5.75 Å². The van der Waals surface area contributed by atoms with Crippen LogP contribution in [0, 0.1) is 0 Å². The number of ether oxygens (including phenoxy) is 1. The van der Waals surface area contributed by atoms with Crippen LogP contribution in [0.2, 0.25) is 0 Å². The molecule has 1 heterocycles. The summed E-state index contributed by atoms with van der Waals surface area (Å²) in [4.78, 5) is 6.37. The molecule has 0 bridgehead atoms. The van der Waals surface area contributed by atoms with Gasteiger partial charge in [-0.15, -0.1) is 0 Å². The predicted octanol–water partition coefficient (Wildman–Crippen LogP) is 6.19. The number of nitrogens with zero attached hydrogens (tertiary/aromatic N) is 1. The fourth-order valence-corrected chi connectivity index (χ4v) is 3.35. The highest BCUT2D eigenvalue weighted by atomic mass is 32.2. The molecule has 0 spiro atoms. The fraction of sp³-hybridized carbons (Fsp3) is 0.450. The molecule has 0 fully saturated rings. The highest BCUT2D eigenvalue weighted by Gasteiger charge is 2.21. The summed E-state index contributed by atoms with van der Waals surface area (Å²) in [5.74, 6) is 1.37. The number of benzene rings is 1. The number of alkyl halides is 1. The first kappa shape index (κ1) is 20.5. The van der Waals surface area contributed by atoms with E-state index in [4.69, 9.17) is 4.74 Å². The summed E-state index contributed by atoms with van der Waals surface area (Å²) in [6.45, 7) is 10.7. The zero-order chi connectivity index (χ0) is 17.8. The molecule has 1 aromatic rings. The Kier molecular flexibility index (Phi) is 10.2. The highest BCUT2D eigenvalue weighted by molar-refractivity contribution is 8.03. The summed E-state index contributed by atoms with van der Waals surface area (Å²) in [5.41, 5.74) is 1.22. The largest absolute Gasteiger partial charge is 0.493 e. The van der Waals surface area contributed by atoms with Gasteiger partial charge in [0, 0.05) is 17.4 Å². The van der Waals surface area contributed by atoms with E-state index in [2.05, 4.69) is 36.8 Å². The van der Waals surface area contributed by atoms with Crippen LogP contribution in [0.3, 0.4) is 0 Å². The van der Waals surface area contributed by atoms with Gasteiger partial charge in [-0.3, -0.25) is 0 Å². The van der Waals surface area contributed by atoms with E-state index in [1.807, 2.05) is 19.9 Å². The third kappa shape index (κ3) is 6.16. The van der Waals surface area contributed by atoms with Crippen LogP contribution in [-0.2, 0) is 0 Å². The molecule has 4 heteroatoms. The molecule has 132 valence electrons. The van der Waals surface area contributed by atoms with Crippen LogP contribution in [-0.4, -0.2) is 26.5 Å². The van der Waals surface area contributed by atoms with Gasteiger partial charge < -0.3 is 9.73 Å². The molecule has 0 saturated carbocycles. The number of aliphatic imine (C=N–C) groups is 1. The molecule has 0 aliphatic carbocycles. The second kappa shape index (κ2) is 11.9. The summed E-state index contributed by atoms with van der Waals surface area (Å²) in [6, 6.07) is 6.35. The van der Waals surface area contributed by atoms with Crippen molar-refractivity contribution < 1.29 is 9.13 Å². The molecule has 1 aromatic carbocycles. The summed E-state index contributed by atoms with van der Waals surface area (Å²) in [7, 11) is 0. The molecular weight excluding hydrogens is 321 g/mol. The predicted molar refractivity (Wildman–Crippen MR) is 104 cm³/mol. The van der Waals surface area contributed by atoms with Crippen molar-refractivity contribution in [3.05, 3.63) is 46.9 Å². The Morgan fingerprint density at radius 1 is 1.46 bits per heavy atom. The first-order valence-corrected chi connectivity index (χ1v) is 9.38. The van der Waals surface area contributed by atoms with Gasteiger partial charge in [-0.1, -0.05) is 56.8 Å². The van der Waals surface area contributed by atoms with E-state index in [-0.39, 0.29) is 0 Å². The molecule has 2 rings (SSSR count). The molecule has 1 atom stereocenters. The minimum atomic E-state index is -0.427. The standard InChI is InChI=1S/C18H22FNOS.C2H6/c1-3-15(6-4-5-10-19)22-16-7-8-17-14(13-20-2)9-11-21-18(17)12-16;1-2/h4-8,12,14H,2-3,9-11,13H2,1H3;1-2H3/b5-4-,15-6+;. The van der Waals surface area contributed by atoms with Crippen LogP contribution in [0.4, 0.5) is 4.39 Å². The third-order valence-corrected chi connectivity index (χ3v) is 4.78. The van der Waals surface area contributed by atoms with Gasteiger partial charge in [-0.25, -0.2) is 4.39 Å². The normalized spacial score (nSPS) is 16.8. The van der Waals surface area contributed by atoms with Crippen molar-refractivity contribution in [1.29, 1.82) is 0 Å². The van der Waals surface area contributed by atoms with Crippen molar-refractivity contribution in [3.8, 4) is 5.75 Å². The molecule has 0 saturated heterocycles. The van der Waals surface area contributed by atoms with Crippen LogP contribution in [0.15, 0.2) is 51.2 Å². The molecule has 0 aromatic heterocycles. The van der Waals surface area contributed by atoms with Gasteiger partial charge in [0.25, 0.3) is 0 Å². The van der Waals surface area contributed by atoms with Gasteiger partial charge in [0.2, 0.25) is 0 Å². The van der Waals surface area contributed by atoms with E-state index >= 15 is 0 Å². The Bertz CT molecular complexity index is 569. The van der Waals surface area contributed by atoms with Crippen molar-refractivity contribution in [1.82, 2.24) is 0 Å². The van der Waals surface area contributed by atoms with E-state index in [1.54, 1.807) is 17.8 Å². The number of allylic oxidation sites excluding steroid dienone is 4. The lowest BCUT2D eigenvalue weighted by atomic mass is 9.93. The SMILES string of the molecule is C=NCC1CCOc2cc(S/C(=C/C=C\CF)CC)ccc21.CC. The molecule has 24 heavy (non-hydrogen) atoms. The van der Waals surface area contributed by atoms with Gasteiger partial charge >= 0.3 is 0 Å². The Morgan fingerprint density at radius 3 is 2.92 bits per heavy atom. The molecule has 0 amide bonds. The first-order valence-electron chi connectivity index (χ1n) is 8.57. The maximum atomic E-state index is 12.1. The Morgan fingerprint density at radius 2 is 2.25 bits per heavy atom.